The van der Waals surface area contributed by atoms with Crippen molar-refractivity contribution in [3.05, 3.63) is 46.4 Å². The molecule has 7 nitrogen and oxygen atoms in total. The van der Waals surface area contributed by atoms with Crippen LogP contribution in [0.5, 0.6) is 0 Å². The van der Waals surface area contributed by atoms with Gasteiger partial charge in [-0.3, -0.25) is 14.4 Å². The molecule has 0 spiro atoms. The lowest BCUT2D eigenvalue weighted by atomic mass is 9.70. The number of nitrogens with zero attached hydrogens (tertiary/aromatic N) is 3. The molecule has 1 aliphatic carbocycles. The van der Waals surface area contributed by atoms with Crippen molar-refractivity contribution in [1.82, 2.24) is 10.2 Å². The van der Waals surface area contributed by atoms with E-state index in [2.05, 4.69) is 15.5 Å². The van der Waals surface area contributed by atoms with Crippen molar-refractivity contribution in [2.45, 2.75) is 57.0 Å². The number of carbonyl (C=O) groups is 3. The smallest absolute Gasteiger partial charge is 0.312 e. The first-order valence-electron chi connectivity index (χ1n) is 11.1. The second-order valence-electron chi connectivity index (χ2n) is 9.43. The second-order valence-corrected chi connectivity index (χ2v) is 9.43. The van der Waals surface area contributed by atoms with E-state index in [1.807, 2.05) is 0 Å². The predicted octanol–water partition coefficient (Wildman–Crippen LogP) is 3.70. The number of hydrogen-bond acceptors (Lipinski definition) is 5. The van der Waals surface area contributed by atoms with Gasteiger partial charge >= 0.3 is 11.8 Å². The summed E-state index contributed by atoms with van der Waals surface area (Å²) in [5.74, 6) is -10.7. The quantitative estimate of drug-likeness (QED) is 0.335. The molecule has 2 aliphatic heterocycles. The van der Waals surface area contributed by atoms with Crippen LogP contribution in [0.4, 0.5) is 22.0 Å². The Morgan fingerprint density at radius 2 is 1.70 bits per heavy atom. The van der Waals surface area contributed by atoms with Gasteiger partial charge in [0.25, 0.3) is 5.92 Å². The van der Waals surface area contributed by atoms with Crippen molar-refractivity contribution in [2.24, 2.45) is 16.1 Å². The Morgan fingerprint density at radius 3 is 2.22 bits per heavy atom. The Hall–Kier alpha value is -2.48. The molecule has 0 unspecified atom stereocenters. The molecule has 0 radical (unpaired) electrons. The summed E-state index contributed by atoms with van der Waals surface area (Å²) >= 11 is 0. The molecular weight excluding hydrogens is 539 g/mol. The number of ketones is 1. The number of carbonyl (C=O) groups excluding carboxylic acids is 3. The zero-order valence-electron chi connectivity index (χ0n) is 20.0. The number of alkyl halides is 2. The summed E-state index contributed by atoms with van der Waals surface area (Å²) in [6.07, 6.45) is -1.58. The summed E-state index contributed by atoms with van der Waals surface area (Å²) in [5.41, 5.74) is -0.689. The highest BCUT2D eigenvalue weighted by Crippen LogP contribution is 2.51. The summed E-state index contributed by atoms with van der Waals surface area (Å²) < 4.78 is 67.6. The van der Waals surface area contributed by atoms with Crippen molar-refractivity contribution in [3.8, 4) is 0 Å². The SMILES string of the molecule is CC1=C(C2(NC(=O)C(=O)N3CC[C@H](C(=O)Cc4cc(F)c(F)c(F)c4)[C@@H]3C)CC(F)(F)C2)N=NC1.S.S. The predicted molar refractivity (Wildman–Crippen MR) is 133 cm³/mol. The van der Waals surface area contributed by atoms with Crippen LogP contribution < -0.4 is 5.32 Å². The third kappa shape index (κ3) is 5.84. The lowest BCUT2D eigenvalue weighted by Crippen LogP contribution is -2.65. The van der Waals surface area contributed by atoms with Crippen molar-refractivity contribution >= 4 is 44.6 Å². The van der Waals surface area contributed by atoms with Crippen LogP contribution in [-0.4, -0.2) is 53.1 Å². The van der Waals surface area contributed by atoms with Crippen LogP contribution in [0.1, 0.15) is 38.7 Å². The molecule has 2 atom stereocenters. The molecule has 1 N–H and O–H groups in total. The molecule has 1 aromatic rings. The third-order valence-electron chi connectivity index (χ3n) is 6.86. The molecule has 37 heavy (non-hydrogen) atoms. The first kappa shape index (κ1) is 30.7. The number of likely N-dealkylation sites (tertiary alicyclic amines) is 1. The van der Waals surface area contributed by atoms with E-state index in [1.165, 1.54) is 4.90 Å². The summed E-state index contributed by atoms with van der Waals surface area (Å²) in [4.78, 5) is 39.6. The van der Waals surface area contributed by atoms with E-state index in [0.29, 0.717) is 5.57 Å². The average molecular weight is 567 g/mol. The Balaban J connectivity index is 0.00000241. The van der Waals surface area contributed by atoms with Crippen molar-refractivity contribution < 1.29 is 36.3 Å². The van der Waals surface area contributed by atoms with E-state index < -0.39 is 71.3 Å². The third-order valence-corrected chi connectivity index (χ3v) is 6.86. The summed E-state index contributed by atoms with van der Waals surface area (Å²) in [6.45, 7) is 3.50. The van der Waals surface area contributed by atoms with Gasteiger partial charge in [0, 0.05) is 37.8 Å². The highest BCUT2D eigenvalue weighted by atomic mass is 32.1. The number of amides is 2. The fraction of sp³-hybridized carbons (Fsp3) is 0.522. The van der Waals surface area contributed by atoms with Crippen molar-refractivity contribution in [3.63, 3.8) is 0 Å². The molecule has 0 bridgehead atoms. The lowest BCUT2D eigenvalue weighted by Gasteiger charge is -2.47. The van der Waals surface area contributed by atoms with Gasteiger partial charge < -0.3 is 10.2 Å². The maximum atomic E-state index is 13.8. The normalized spacial score (nSPS) is 23.2. The number of azo groups is 1. The Labute approximate surface area is 223 Å². The van der Waals surface area contributed by atoms with Crippen LogP contribution in [0.2, 0.25) is 0 Å². The molecular formula is C23H27F5N4O3S2. The molecule has 2 amide bonds. The Morgan fingerprint density at radius 1 is 1.11 bits per heavy atom. The minimum atomic E-state index is -3.01. The van der Waals surface area contributed by atoms with Gasteiger partial charge in [0.1, 0.15) is 5.78 Å². The van der Waals surface area contributed by atoms with Gasteiger partial charge in [0.2, 0.25) is 0 Å². The first-order valence-corrected chi connectivity index (χ1v) is 11.1. The summed E-state index contributed by atoms with van der Waals surface area (Å²) in [5, 5.41) is 10.2. The molecule has 1 saturated heterocycles. The zero-order valence-corrected chi connectivity index (χ0v) is 22.0. The maximum absolute atomic E-state index is 13.8. The second kappa shape index (κ2) is 11.1. The van der Waals surface area contributed by atoms with Crippen molar-refractivity contribution in [2.75, 3.05) is 13.1 Å². The number of halogens is 5. The summed E-state index contributed by atoms with van der Waals surface area (Å²) in [6, 6.07) is 0.746. The van der Waals surface area contributed by atoms with Gasteiger partial charge in [-0.05, 0) is 43.5 Å². The van der Waals surface area contributed by atoms with E-state index in [9.17, 15) is 36.3 Å². The fourth-order valence-electron chi connectivity index (χ4n) is 5.12. The number of nitrogens with one attached hydrogen (secondary N) is 1. The minimum Gasteiger partial charge on any atom is -0.336 e. The highest BCUT2D eigenvalue weighted by molar-refractivity contribution is 7.59. The number of rotatable bonds is 5. The van der Waals surface area contributed by atoms with E-state index in [4.69, 9.17) is 0 Å². The van der Waals surface area contributed by atoms with Gasteiger partial charge in [-0.25, -0.2) is 22.0 Å². The topological polar surface area (TPSA) is 91.2 Å². The molecule has 0 aromatic heterocycles. The minimum absolute atomic E-state index is 0. The van der Waals surface area contributed by atoms with E-state index in [0.717, 1.165) is 12.1 Å². The van der Waals surface area contributed by atoms with Gasteiger partial charge in [0.15, 0.2) is 17.5 Å². The van der Waals surface area contributed by atoms with Gasteiger partial charge in [-0.2, -0.15) is 37.2 Å². The summed E-state index contributed by atoms with van der Waals surface area (Å²) in [7, 11) is 0. The molecule has 2 heterocycles. The van der Waals surface area contributed by atoms with Crippen LogP contribution >= 0.6 is 27.0 Å². The van der Waals surface area contributed by atoms with E-state index in [1.54, 1.807) is 13.8 Å². The highest BCUT2D eigenvalue weighted by Gasteiger charge is 2.61. The lowest BCUT2D eigenvalue weighted by molar-refractivity contribution is -0.154. The Bertz CT molecular complexity index is 1150. The monoisotopic (exact) mass is 566 g/mol. The molecule has 14 heteroatoms. The van der Waals surface area contributed by atoms with Crippen LogP contribution in [-0.2, 0) is 20.8 Å². The fourth-order valence-corrected chi connectivity index (χ4v) is 5.12. The molecule has 4 rings (SSSR count). The van der Waals surface area contributed by atoms with Gasteiger partial charge in [0.05, 0.1) is 17.8 Å². The van der Waals surface area contributed by atoms with Crippen molar-refractivity contribution in [1.29, 1.82) is 0 Å². The molecule has 204 valence electrons. The first-order chi connectivity index (χ1) is 16.3. The zero-order chi connectivity index (χ0) is 25.7. The van der Waals surface area contributed by atoms with E-state index >= 15 is 0 Å². The number of Topliss-reactive ketones (excluding diaryl/α,β-unsaturated/α-hetero) is 1. The molecule has 1 saturated carbocycles. The molecule has 1 aromatic carbocycles. The molecule has 2 fully saturated rings. The van der Waals surface area contributed by atoms with Crippen LogP contribution in [0.25, 0.3) is 0 Å². The largest absolute Gasteiger partial charge is 0.336 e. The average Bonchev–Trinajstić information content (AvgIpc) is 3.35. The van der Waals surface area contributed by atoms with E-state index in [-0.39, 0.29) is 64.2 Å². The Kier molecular flexibility index (Phi) is 9.22. The van der Waals surface area contributed by atoms with Crippen LogP contribution in [0.15, 0.2) is 33.6 Å². The molecule has 3 aliphatic rings. The van der Waals surface area contributed by atoms with Crippen LogP contribution in [0, 0.1) is 23.4 Å². The maximum Gasteiger partial charge on any atom is 0.312 e. The number of hydrogen-bond donors (Lipinski definition) is 1. The van der Waals surface area contributed by atoms with Gasteiger partial charge in [-0.1, -0.05) is 0 Å². The standard InChI is InChI=1S/C23H23F5N4O3.2H2S/c1-11-8-29-31-19(11)22(9-23(27,28)10-22)30-20(34)21(35)32-4-3-14(12(32)2)17(33)7-13-5-15(24)18(26)16(25)6-13;;/h5-6,12,14H,3-4,7-10H2,1-2H3,(H,30,34);2*1H2/t12-,14-;;/m0../s1. The van der Waals surface area contributed by atoms with Gasteiger partial charge in [-0.15, -0.1) is 0 Å². The van der Waals surface area contributed by atoms with Crippen LogP contribution in [0.3, 0.4) is 0 Å². The number of benzene rings is 1.